The molecule has 168 valence electrons. The van der Waals surface area contributed by atoms with E-state index in [-0.39, 0.29) is 23.9 Å². The minimum atomic E-state index is -0.165. The van der Waals surface area contributed by atoms with E-state index in [0.717, 1.165) is 5.56 Å². The predicted octanol–water partition coefficient (Wildman–Crippen LogP) is 6.00. The summed E-state index contributed by atoms with van der Waals surface area (Å²) in [5.74, 6) is 2.06. The largest absolute Gasteiger partial charge is 0.497 e. The first kappa shape index (κ1) is 22.3. The molecule has 5 nitrogen and oxygen atoms in total. The Morgan fingerprint density at radius 2 is 1.70 bits per heavy atom. The summed E-state index contributed by atoms with van der Waals surface area (Å²) in [7, 11) is 1.58. The number of methoxy groups -OCH3 is 1. The lowest BCUT2D eigenvalue weighted by molar-refractivity contribution is 0.0920. The van der Waals surface area contributed by atoms with E-state index < -0.39 is 0 Å². The fourth-order valence-electron chi connectivity index (χ4n) is 3.66. The third-order valence-corrected chi connectivity index (χ3v) is 5.71. The number of benzene rings is 3. The van der Waals surface area contributed by atoms with E-state index in [1.165, 1.54) is 5.56 Å². The van der Waals surface area contributed by atoms with E-state index in [4.69, 9.17) is 14.2 Å². The van der Waals surface area contributed by atoms with Crippen LogP contribution < -0.4 is 14.2 Å². The first-order valence-electron chi connectivity index (χ1n) is 10.8. The minimum Gasteiger partial charge on any atom is -0.497 e. The molecule has 4 rings (SSSR count). The maximum atomic E-state index is 12.8. The highest BCUT2D eigenvalue weighted by atomic mass is 16.5. The van der Waals surface area contributed by atoms with Gasteiger partial charge in [0, 0.05) is 11.1 Å². The molecule has 3 aromatic rings. The quantitative estimate of drug-likeness (QED) is 0.331. The van der Waals surface area contributed by atoms with Gasteiger partial charge in [0.15, 0.2) is 18.1 Å². The molecule has 0 amide bonds. The first-order chi connectivity index (χ1) is 15.9. The smallest absolute Gasteiger partial charge is 0.231 e. The van der Waals surface area contributed by atoms with Crippen molar-refractivity contribution in [2.45, 2.75) is 26.7 Å². The van der Waals surface area contributed by atoms with Gasteiger partial charge in [0.1, 0.15) is 17.2 Å². The van der Waals surface area contributed by atoms with Gasteiger partial charge in [-0.2, -0.15) is 0 Å². The monoisotopic (exact) mass is 442 g/mol. The van der Waals surface area contributed by atoms with Crippen LogP contribution in [0.3, 0.4) is 0 Å². The molecule has 0 atom stereocenters. The summed E-state index contributed by atoms with van der Waals surface area (Å²) in [6.07, 6.45) is 1.75. The number of carbonyl (C=O) groups is 2. The third-order valence-electron chi connectivity index (χ3n) is 5.71. The number of carbonyl (C=O) groups excluding carboxylic acids is 2. The second-order valence-electron chi connectivity index (χ2n) is 8.27. The number of rotatable bonds is 7. The molecule has 1 aliphatic rings. The lowest BCUT2D eigenvalue weighted by Gasteiger charge is -2.11. The van der Waals surface area contributed by atoms with E-state index in [2.05, 4.69) is 26.0 Å². The van der Waals surface area contributed by atoms with Gasteiger partial charge in [0.2, 0.25) is 5.78 Å². The van der Waals surface area contributed by atoms with Crippen molar-refractivity contribution in [3.8, 4) is 17.2 Å². The fraction of sp³-hybridized carbons (Fsp3) is 0.214. The van der Waals surface area contributed by atoms with E-state index in [9.17, 15) is 9.59 Å². The van der Waals surface area contributed by atoms with Crippen LogP contribution >= 0.6 is 0 Å². The van der Waals surface area contributed by atoms with Crippen molar-refractivity contribution >= 4 is 17.6 Å². The van der Waals surface area contributed by atoms with Crippen molar-refractivity contribution in [1.82, 2.24) is 0 Å². The highest BCUT2D eigenvalue weighted by Crippen LogP contribution is 2.39. The van der Waals surface area contributed by atoms with Gasteiger partial charge >= 0.3 is 0 Å². The number of fused-ring (bicyclic) bond motifs is 1. The first-order valence-corrected chi connectivity index (χ1v) is 10.8. The molecular formula is C28H26O5. The van der Waals surface area contributed by atoms with Crippen LogP contribution in [0.4, 0.5) is 0 Å². The Labute approximate surface area is 193 Å². The lowest BCUT2D eigenvalue weighted by Crippen LogP contribution is -2.12. The standard InChI is InChI=1S/C28H26O5/c1-17(2)20-7-5-19(6-8-20)15-26-27(30)23-13-14-25(18(3)28(23)33-26)32-16-24(29)21-9-11-22(31-4)12-10-21/h5-15,17H,16H2,1-4H3/b26-15-. The summed E-state index contributed by atoms with van der Waals surface area (Å²) in [6, 6.07) is 18.3. The average Bonchev–Trinajstić information content (AvgIpc) is 3.14. The van der Waals surface area contributed by atoms with E-state index in [1.807, 2.05) is 19.1 Å². The molecule has 0 unspecified atom stereocenters. The van der Waals surface area contributed by atoms with Crippen molar-refractivity contribution < 1.29 is 23.8 Å². The fourth-order valence-corrected chi connectivity index (χ4v) is 3.66. The second kappa shape index (κ2) is 9.33. The van der Waals surface area contributed by atoms with Crippen molar-refractivity contribution in [1.29, 1.82) is 0 Å². The molecular weight excluding hydrogens is 416 g/mol. The van der Waals surface area contributed by atoms with E-state index >= 15 is 0 Å². The number of hydrogen-bond acceptors (Lipinski definition) is 5. The Balaban J connectivity index is 1.49. The number of ether oxygens (including phenoxy) is 3. The highest BCUT2D eigenvalue weighted by Gasteiger charge is 2.30. The normalized spacial score (nSPS) is 13.7. The Kier molecular flexibility index (Phi) is 6.31. The molecule has 33 heavy (non-hydrogen) atoms. The molecule has 0 aliphatic carbocycles. The number of Topliss-reactive ketones (excluding diaryl/α,β-unsaturated/α-hetero) is 2. The van der Waals surface area contributed by atoms with Gasteiger partial charge in [-0.25, -0.2) is 0 Å². The van der Waals surface area contributed by atoms with E-state index in [0.29, 0.717) is 39.9 Å². The average molecular weight is 443 g/mol. The van der Waals surface area contributed by atoms with Crippen molar-refractivity contribution in [2.75, 3.05) is 13.7 Å². The van der Waals surface area contributed by atoms with Crippen LogP contribution in [0.1, 0.15) is 57.2 Å². The predicted molar refractivity (Wildman–Crippen MR) is 127 cm³/mol. The van der Waals surface area contributed by atoms with Crippen molar-refractivity contribution in [3.63, 3.8) is 0 Å². The molecule has 1 heterocycles. The van der Waals surface area contributed by atoms with Gasteiger partial charge in [0.05, 0.1) is 12.7 Å². The van der Waals surface area contributed by atoms with Gasteiger partial charge in [-0.05, 0) is 66.4 Å². The molecule has 0 N–H and O–H groups in total. The molecule has 0 radical (unpaired) electrons. The van der Waals surface area contributed by atoms with Gasteiger partial charge in [-0.3, -0.25) is 9.59 Å². The molecule has 0 fully saturated rings. The lowest BCUT2D eigenvalue weighted by atomic mass is 10.0. The summed E-state index contributed by atoms with van der Waals surface area (Å²) >= 11 is 0. The Morgan fingerprint density at radius 3 is 2.33 bits per heavy atom. The van der Waals surface area contributed by atoms with Crippen LogP contribution in [-0.4, -0.2) is 25.3 Å². The molecule has 1 aliphatic heterocycles. The number of hydrogen-bond donors (Lipinski definition) is 0. The molecule has 3 aromatic carbocycles. The summed E-state index contributed by atoms with van der Waals surface area (Å²) in [6.45, 7) is 5.98. The maximum absolute atomic E-state index is 12.8. The summed E-state index contributed by atoms with van der Waals surface area (Å²) in [4.78, 5) is 25.3. The van der Waals surface area contributed by atoms with Gasteiger partial charge < -0.3 is 14.2 Å². The number of ketones is 2. The molecule has 0 aromatic heterocycles. The minimum absolute atomic E-state index is 0.120. The van der Waals surface area contributed by atoms with Crippen molar-refractivity contribution in [2.24, 2.45) is 0 Å². The van der Waals surface area contributed by atoms with Crippen molar-refractivity contribution in [3.05, 3.63) is 94.2 Å². The molecule has 0 saturated heterocycles. The van der Waals surface area contributed by atoms with Gasteiger partial charge in [-0.1, -0.05) is 38.1 Å². The van der Waals surface area contributed by atoms with Crippen LogP contribution in [-0.2, 0) is 0 Å². The Morgan fingerprint density at radius 1 is 1.00 bits per heavy atom. The molecule has 0 bridgehead atoms. The third kappa shape index (κ3) is 4.67. The Bertz CT molecular complexity index is 1220. The topological polar surface area (TPSA) is 61.8 Å². The zero-order valence-corrected chi connectivity index (χ0v) is 19.2. The van der Waals surface area contributed by atoms with Crippen LogP contribution in [0.25, 0.3) is 6.08 Å². The Hall–Kier alpha value is -3.86. The van der Waals surface area contributed by atoms with E-state index in [1.54, 1.807) is 49.6 Å². The van der Waals surface area contributed by atoms with Crippen LogP contribution in [0.15, 0.2) is 66.4 Å². The maximum Gasteiger partial charge on any atom is 0.231 e. The van der Waals surface area contributed by atoms with Gasteiger partial charge in [-0.15, -0.1) is 0 Å². The second-order valence-corrected chi connectivity index (χ2v) is 8.27. The zero-order valence-electron chi connectivity index (χ0n) is 19.2. The molecule has 0 spiro atoms. The van der Waals surface area contributed by atoms with Crippen LogP contribution in [0, 0.1) is 6.92 Å². The zero-order chi connectivity index (χ0) is 23.5. The summed E-state index contributed by atoms with van der Waals surface area (Å²) in [5, 5.41) is 0. The van der Waals surface area contributed by atoms with Gasteiger partial charge in [0.25, 0.3) is 0 Å². The summed E-state index contributed by atoms with van der Waals surface area (Å²) < 4.78 is 16.8. The molecule has 0 saturated carbocycles. The SMILES string of the molecule is COc1ccc(C(=O)COc2ccc3c(c2C)O/C(=C\c2ccc(C(C)C)cc2)C3=O)cc1. The number of allylic oxidation sites excluding steroid dienone is 1. The summed E-state index contributed by atoms with van der Waals surface area (Å²) in [5.41, 5.74) is 3.85. The van der Waals surface area contributed by atoms with Crippen LogP contribution in [0.5, 0.6) is 17.2 Å². The van der Waals surface area contributed by atoms with Crippen LogP contribution in [0.2, 0.25) is 0 Å². The molecule has 5 heteroatoms. The highest BCUT2D eigenvalue weighted by molar-refractivity contribution is 6.15.